The maximum Gasteiger partial charge on any atom is 0.389 e. The molecule has 1 aromatic carbocycles. The van der Waals surface area contributed by atoms with E-state index in [1.807, 2.05) is 24.3 Å². The largest absolute Gasteiger partial charge is 0.494 e. The van der Waals surface area contributed by atoms with Gasteiger partial charge in [0.2, 0.25) is 5.91 Å². The van der Waals surface area contributed by atoms with Crippen molar-refractivity contribution >= 4 is 5.91 Å². The van der Waals surface area contributed by atoms with E-state index in [-0.39, 0.29) is 24.8 Å². The Morgan fingerprint density at radius 1 is 1.13 bits per heavy atom. The lowest BCUT2D eigenvalue weighted by molar-refractivity contribution is -0.137. The average Bonchev–Trinajstić information content (AvgIpc) is 2.64. The predicted molar refractivity (Wildman–Crippen MR) is 112 cm³/mol. The van der Waals surface area contributed by atoms with E-state index < -0.39 is 12.6 Å². The van der Waals surface area contributed by atoms with E-state index in [1.54, 1.807) is 0 Å². The third kappa shape index (κ3) is 9.83. The summed E-state index contributed by atoms with van der Waals surface area (Å²) in [6.07, 6.45) is -0.301. The lowest BCUT2D eigenvalue weighted by Gasteiger charge is -2.38. The number of hydrogen-bond acceptors (Lipinski definition) is 3. The molecule has 1 N–H and O–H groups in total. The molecule has 0 atom stereocenters. The number of rotatable bonds is 13. The summed E-state index contributed by atoms with van der Waals surface area (Å²) < 4.78 is 42.1. The summed E-state index contributed by atoms with van der Waals surface area (Å²) >= 11 is 0. The smallest absolute Gasteiger partial charge is 0.389 e. The molecular formula is C23H35F3N2O2. The number of hydrogen-bond donors (Lipinski definition) is 1. The molecule has 0 bridgehead atoms. The van der Waals surface area contributed by atoms with E-state index in [9.17, 15) is 18.0 Å². The molecule has 170 valence electrons. The Morgan fingerprint density at radius 3 is 2.47 bits per heavy atom. The van der Waals surface area contributed by atoms with Crippen LogP contribution in [0.4, 0.5) is 13.2 Å². The van der Waals surface area contributed by atoms with Crippen LogP contribution >= 0.6 is 0 Å². The number of carbonyl (C=O) groups is 1. The minimum Gasteiger partial charge on any atom is -0.494 e. The molecule has 0 saturated carbocycles. The van der Waals surface area contributed by atoms with Gasteiger partial charge in [0.05, 0.1) is 12.5 Å². The summed E-state index contributed by atoms with van der Waals surface area (Å²) in [6, 6.07) is 8.04. The van der Waals surface area contributed by atoms with Crippen molar-refractivity contribution < 1.29 is 22.7 Å². The molecule has 1 saturated heterocycles. The molecule has 0 radical (unpaired) electrons. The van der Waals surface area contributed by atoms with Gasteiger partial charge in [0, 0.05) is 32.6 Å². The van der Waals surface area contributed by atoms with Crippen LogP contribution in [0.1, 0.15) is 57.9 Å². The number of ether oxygens (including phenoxy) is 1. The molecule has 0 aliphatic carbocycles. The minimum atomic E-state index is -4.16. The van der Waals surface area contributed by atoms with Crippen LogP contribution in [-0.4, -0.2) is 43.2 Å². The Morgan fingerprint density at radius 2 is 1.83 bits per heavy atom. The number of carbonyl (C=O) groups excluding carboxylic acids is 1. The third-order valence-corrected chi connectivity index (χ3v) is 5.29. The molecule has 0 spiro atoms. The predicted octanol–water partition coefficient (Wildman–Crippen LogP) is 5.17. The zero-order chi connectivity index (χ0) is 22.0. The number of alkyl halides is 3. The Bertz CT molecular complexity index is 626. The molecule has 1 fully saturated rings. The van der Waals surface area contributed by atoms with E-state index in [4.69, 9.17) is 4.74 Å². The maximum absolute atomic E-state index is 12.1. The Balaban J connectivity index is 1.56. The first-order chi connectivity index (χ1) is 14.2. The molecule has 4 nitrogen and oxygen atoms in total. The van der Waals surface area contributed by atoms with Gasteiger partial charge < -0.3 is 10.1 Å². The number of unbranched alkanes of at least 4 members (excludes halogenated alkanes) is 2. The first-order valence-corrected chi connectivity index (χ1v) is 11.0. The highest BCUT2D eigenvalue weighted by molar-refractivity contribution is 5.79. The lowest BCUT2D eigenvalue weighted by atomic mass is 9.98. The molecule has 30 heavy (non-hydrogen) atoms. The number of likely N-dealkylation sites (tertiary alicyclic amines) is 1. The first-order valence-electron chi connectivity index (χ1n) is 11.0. The highest BCUT2D eigenvalue weighted by atomic mass is 19.4. The number of benzene rings is 1. The molecule has 1 aliphatic heterocycles. The standard InChI is InChI=1S/C23H35F3N2O2/c1-18(2)7-4-3-5-14-30-21-10-8-19(9-11-21)15-28-16-20(17-28)22(29)27-13-6-12-23(24,25)26/h8-11,18,20H,3-7,12-17H2,1-2H3,(H,27,29). The first kappa shape index (κ1) is 24.5. The van der Waals surface area contributed by atoms with Gasteiger partial charge in [-0.15, -0.1) is 0 Å². The van der Waals surface area contributed by atoms with Gasteiger partial charge in [-0.1, -0.05) is 45.2 Å². The van der Waals surface area contributed by atoms with Crippen molar-refractivity contribution in [1.29, 1.82) is 0 Å². The van der Waals surface area contributed by atoms with E-state index in [1.165, 1.54) is 19.3 Å². The maximum atomic E-state index is 12.1. The zero-order valence-electron chi connectivity index (χ0n) is 18.1. The summed E-state index contributed by atoms with van der Waals surface area (Å²) in [7, 11) is 0. The second-order valence-electron chi connectivity index (χ2n) is 8.64. The molecule has 0 aromatic heterocycles. The quantitative estimate of drug-likeness (QED) is 0.441. The van der Waals surface area contributed by atoms with Crippen molar-refractivity contribution in [2.24, 2.45) is 11.8 Å². The van der Waals surface area contributed by atoms with Crippen LogP contribution in [-0.2, 0) is 11.3 Å². The molecule has 7 heteroatoms. The van der Waals surface area contributed by atoms with Crippen LogP contribution in [0.25, 0.3) is 0 Å². The second-order valence-corrected chi connectivity index (χ2v) is 8.64. The summed E-state index contributed by atoms with van der Waals surface area (Å²) in [4.78, 5) is 14.1. The van der Waals surface area contributed by atoms with E-state index in [2.05, 4.69) is 24.1 Å². The third-order valence-electron chi connectivity index (χ3n) is 5.29. The SMILES string of the molecule is CC(C)CCCCCOc1ccc(CN2CC(C(=O)NCCCC(F)(F)F)C2)cc1. The average molecular weight is 429 g/mol. The van der Waals surface area contributed by atoms with E-state index >= 15 is 0 Å². The van der Waals surface area contributed by atoms with Crippen LogP contribution in [0.2, 0.25) is 0 Å². The van der Waals surface area contributed by atoms with E-state index in [0.29, 0.717) is 13.1 Å². The van der Waals surface area contributed by atoms with Gasteiger partial charge >= 0.3 is 6.18 Å². The molecule has 1 aromatic rings. The number of halogens is 3. The van der Waals surface area contributed by atoms with E-state index in [0.717, 1.165) is 36.8 Å². The fraction of sp³-hybridized carbons (Fsp3) is 0.696. The topological polar surface area (TPSA) is 41.6 Å². The van der Waals surface area contributed by atoms with Crippen molar-refractivity contribution in [3.63, 3.8) is 0 Å². The van der Waals surface area contributed by atoms with Crippen molar-refractivity contribution in [2.45, 2.75) is 65.1 Å². The van der Waals surface area contributed by atoms with Crippen molar-refractivity contribution in [3.8, 4) is 5.75 Å². The summed E-state index contributed by atoms with van der Waals surface area (Å²) in [6.45, 7) is 7.34. The van der Waals surface area contributed by atoms with Crippen molar-refractivity contribution in [3.05, 3.63) is 29.8 Å². The highest BCUT2D eigenvalue weighted by Crippen LogP contribution is 2.22. The van der Waals surface area contributed by atoms with Crippen LogP contribution in [0.3, 0.4) is 0 Å². The molecule has 1 heterocycles. The summed E-state index contributed by atoms with van der Waals surface area (Å²) in [5.41, 5.74) is 1.16. The molecule has 2 rings (SSSR count). The van der Waals surface area contributed by atoms with Gasteiger partial charge in [0.15, 0.2) is 0 Å². The number of amides is 1. The van der Waals surface area contributed by atoms with Gasteiger partial charge in [0.25, 0.3) is 0 Å². The van der Waals surface area contributed by atoms with Gasteiger partial charge in [-0.2, -0.15) is 13.2 Å². The van der Waals surface area contributed by atoms with Crippen molar-refractivity contribution in [1.82, 2.24) is 10.2 Å². The number of nitrogens with one attached hydrogen (secondary N) is 1. The summed E-state index contributed by atoms with van der Waals surface area (Å²) in [5.74, 6) is 1.36. The Hall–Kier alpha value is -1.76. The van der Waals surface area contributed by atoms with Gasteiger partial charge in [-0.05, 0) is 36.5 Å². The second kappa shape index (κ2) is 12.2. The monoisotopic (exact) mass is 428 g/mol. The Labute approximate surface area is 178 Å². The van der Waals surface area contributed by atoms with Crippen molar-refractivity contribution in [2.75, 3.05) is 26.2 Å². The van der Waals surface area contributed by atoms with Crippen LogP contribution in [0, 0.1) is 11.8 Å². The highest BCUT2D eigenvalue weighted by Gasteiger charge is 2.32. The van der Waals surface area contributed by atoms with Crippen LogP contribution < -0.4 is 10.1 Å². The fourth-order valence-corrected chi connectivity index (χ4v) is 3.48. The van der Waals surface area contributed by atoms with Gasteiger partial charge in [-0.25, -0.2) is 0 Å². The minimum absolute atomic E-state index is 0.0714. The Kier molecular flexibility index (Phi) is 9.95. The molecule has 1 amide bonds. The lowest BCUT2D eigenvalue weighted by Crippen LogP contribution is -2.53. The fourth-order valence-electron chi connectivity index (χ4n) is 3.48. The van der Waals surface area contributed by atoms with Crippen LogP contribution in [0.15, 0.2) is 24.3 Å². The zero-order valence-corrected chi connectivity index (χ0v) is 18.1. The van der Waals surface area contributed by atoms with Gasteiger partial charge in [-0.3, -0.25) is 9.69 Å². The number of nitrogens with zero attached hydrogens (tertiary/aromatic N) is 1. The van der Waals surface area contributed by atoms with Gasteiger partial charge in [0.1, 0.15) is 5.75 Å². The van der Waals surface area contributed by atoms with Crippen LogP contribution in [0.5, 0.6) is 5.75 Å². The molecular weight excluding hydrogens is 393 g/mol. The molecule has 1 aliphatic rings. The molecule has 0 unspecified atom stereocenters. The normalized spacial score (nSPS) is 15.3. The summed E-state index contributed by atoms with van der Waals surface area (Å²) in [5, 5.41) is 2.60.